The number of sulfonamides is 1. The van der Waals surface area contributed by atoms with E-state index >= 15 is 0 Å². The summed E-state index contributed by atoms with van der Waals surface area (Å²) in [6, 6.07) is 4.61. The second-order valence-corrected chi connectivity index (χ2v) is 7.96. The van der Waals surface area contributed by atoms with Crippen molar-refractivity contribution in [1.82, 2.24) is 14.9 Å². The average molecular weight is 413 g/mol. The van der Waals surface area contributed by atoms with Gasteiger partial charge in [-0.3, -0.25) is 10.1 Å². The Bertz CT molecular complexity index is 805. The summed E-state index contributed by atoms with van der Waals surface area (Å²) in [5.74, 6) is -1.66. The molecule has 0 fully saturated rings. The van der Waals surface area contributed by atoms with E-state index in [1.54, 1.807) is 20.8 Å². The second kappa shape index (κ2) is 10.8. The number of ether oxygens (including phenoxy) is 1. The van der Waals surface area contributed by atoms with Crippen LogP contribution in [0.3, 0.4) is 0 Å². The van der Waals surface area contributed by atoms with Gasteiger partial charge in [0.15, 0.2) is 6.61 Å². The average Bonchev–Trinajstić information content (AvgIpc) is 2.66. The lowest BCUT2D eigenvalue weighted by atomic mass is 10.2. The Balaban J connectivity index is 2.74. The number of imide groups is 1. The quantitative estimate of drug-likeness (QED) is 0.592. The predicted octanol–water partition coefficient (Wildman–Crippen LogP) is 1.50. The van der Waals surface area contributed by atoms with Gasteiger partial charge in [-0.2, -0.15) is 4.31 Å². The van der Waals surface area contributed by atoms with Crippen LogP contribution in [0, 0.1) is 0 Å². The molecule has 3 amide bonds. The zero-order valence-electron chi connectivity index (χ0n) is 16.5. The molecule has 1 aromatic carbocycles. The maximum Gasteiger partial charge on any atom is 0.338 e. The van der Waals surface area contributed by atoms with Crippen molar-refractivity contribution in [2.24, 2.45) is 0 Å². The van der Waals surface area contributed by atoms with Crippen LogP contribution in [0.4, 0.5) is 4.79 Å². The first kappa shape index (κ1) is 23.6. The molecule has 0 bridgehead atoms. The normalized spacial score (nSPS) is 12.3. The van der Waals surface area contributed by atoms with Crippen LogP contribution in [0.5, 0.6) is 0 Å². The highest BCUT2D eigenvalue weighted by Gasteiger charge is 2.23. The van der Waals surface area contributed by atoms with Gasteiger partial charge in [0.1, 0.15) is 0 Å². The summed E-state index contributed by atoms with van der Waals surface area (Å²) in [5.41, 5.74) is -0.00918. The fraction of sp³-hybridized carbons (Fsp3) is 0.500. The third kappa shape index (κ3) is 6.61. The van der Waals surface area contributed by atoms with Crippen molar-refractivity contribution in [2.45, 2.75) is 45.1 Å². The first-order chi connectivity index (χ1) is 13.1. The number of amides is 3. The number of rotatable bonds is 9. The Morgan fingerprint density at radius 1 is 1.14 bits per heavy atom. The molecule has 0 aromatic heterocycles. The molecule has 1 rings (SSSR count). The summed E-state index contributed by atoms with van der Waals surface area (Å²) in [7, 11) is -3.73. The van der Waals surface area contributed by atoms with Crippen molar-refractivity contribution >= 4 is 27.9 Å². The molecule has 1 atom stereocenters. The van der Waals surface area contributed by atoms with Crippen molar-refractivity contribution in [1.29, 1.82) is 0 Å². The van der Waals surface area contributed by atoms with Gasteiger partial charge in [0.2, 0.25) is 10.0 Å². The van der Waals surface area contributed by atoms with Crippen molar-refractivity contribution < 1.29 is 27.5 Å². The molecule has 0 aliphatic rings. The minimum Gasteiger partial charge on any atom is -0.452 e. The summed E-state index contributed by atoms with van der Waals surface area (Å²) in [5, 5.41) is 4.59. The van der Waals surface area contributed by atoms with E-state index in [1.807, 2.05) is 12.2 Å². The summed E-state index contributed by atoms with van der Waals surface area (Å²) in [6.45, 7) is 7.02. The molecule has 1 aromatic rings. The van der Waals surface area contributed by atoms with E-state index in [-0.39, 0.29) is 16.5 Å². The van der Waals surface area contributed by atoms with Crippen LogP contribution in [-0.2, 0) is 19.6 Å². The SMILES string of the molecule is CC[C@H](C)NC(=O)NC(=O)COC(=O)c1cccc(S(=O)(=O)N(CC)CC)c1. The molecule has 0 radical (unpaired) electrons. The first-order valence-electron chi connectivity index (χ1n) is 9.03. The largest absolute Gasteiger partial charge is 0.452 e. The number of nitrogens with one attached hydrogen (secondary N) is 2. The summed E-state index contributed by atoms with van der Waals surface area (Å²) < 4.78 is 31.2. The highest BCUT2D eigenvalue weighted by atomic mass is 32.2. The third-order valence-electron chi connectivity index (χ3n) is 3.99. The number of hydrogen-bond acceptors (Lipinski definition) is 6. The number of esters is 1. The molecule has 9 nitrogen and oxygen atoms in total. The molecule has 28 heavy (non-hydrogen) atoms. The van der Waals surface area contributed by atoms with Crippen LogP contribution >= 0.6 is 0 Å². The van der Waals surface area contributed by atoms with Gasteiger partial charge < -0.3 is 10.1 Å². The zero-order chi connectivity index (χ0) is 21.3. The molecule has 156 valence electrons. The predicted molar refractivity (Wildman–Crippen MR) is 103 cm³/mol. The van der Waals surface area contributed by atoms with Crippen molar-refractivity contribution in [2.75, 3.05) is 19.7 Å². The monoisotopic (exact) mass is 413 g/mol. The maximum atomic E-state index is 12.5. The van der Waals surface area contributed by atoms with Gasteiger partial charge in [0.25, 0.3) is 5.91 Å². The molecule has 0 aliphatic heterocycles. The lowest BCUT2D eigenvalue weighted by Crippen LogP contribution is -2.44. The summed E-state index contributed by atoms with van der Waals surface area (Å²) >= 11 is 0. The number of carbonyl (C=O) groups is 3. The molecule has 2 N–H and O–H groups in total. The smallest absolute Gasteiger partial charge is 0.338 e. The topological polar surface area (TPSA) is 122 Å². The molecule has 0 aliphatic carbocycles. The van der Waals surface area contributed by atoms with Gasteiger partial charge in [-0.05, 0) is 31.5 Å². The van der Waals surface area contributed by atoms with E-state index in [1.165, 1.54) is 28.6 Å². The summed E-state index contributed by atoms with van der Waals surface area (Å²) in [6.07, 6.45) is 0.698. The number of hydrogen-bond donors (Lipinski definition) is 2. The number of urea groups is 1. The molecule has 0 heterocycles. The van der Waals surface area contributed by atoms with E-state index in [9.17, 15) is 22.8 Å². The number of carbonyl (C=O) groups excluding carboxylic acids is 3. The minimum atomic E-state index is -3.73. The minimum absolute atomic E-state index is 0.00918. The van der Waals surface area contributed by atoms with Gasteiger partial charge in [0.05, 0.1) is 10.5 Å². The molecule has 0 saturated heterocycles. The first-order valence-corrected chi connectivity index (χ1v) is 10.5. The van der Waals surface area contributed by atoms with E-state index in [2.05, 4.69) is 5.32 Å². The second-order valence-electron chi connectivity index (χ2n) is 6.02. The maximum absolute atomic E-state index is 12.5. The molecule has 0 spiro atoms. The Hall–Kier alpha value is -2.46. The third-order valence-corrected chi connectivity index (χ3v) is 6.04. The lowest BCUT2D eigenvalue weighted by molar-refractivity contribution is -0.123. The molecule has 0 saturated carbocycles. The van der Waals surface area contributed by atoms with Gasteiger partial charge in [0, 0.05) is 19.1 Å². The van der Waals surface area contributed by atoms with Crippen LogP contribution in [0.25, 0.3) is 0 Å². The van der Waals surface area contributed by atoms with Crippen LogP contribution in [-0.4, -0.2) is 56.4 Å². The van der Waals surface area contributed by atoms with Gasteiger partial charge >= 0.3 is 12.0 Å². The van der Waals surface area contributed by atoms with Crippen LogP contribution < -0.4 is 10.6 Å². The van der Waals surface area contributed by atoms with E-state index in [0.717, 1.165) is 0 Å². The van der Waals surface area contributed by atoms with E-state index < -0.39 is 34.5 Å². The van der Waals surface area contributed by atoms with Gasteiger partial charge in [-0.15, -0.1) is 0 Å². The fourth-order valence-corrected chi connectivity index (χ4v) is 3.74. The number of nitrogens with zero attached hydrogens (tertiary/aromatic N) is 1. The van der Waals surface area contributed by atoms with Crippen molar-refractivity contribution in [3.8, 4) is 0 Å². The molecule has 10 heteroatoms. The van der Waals surface area contributed by atoms with Gasteiger partial charge in [-0.25, -0.2) is 18.0 Å². The van der Waals surface area contributed by atoms with Crippen molar-refractivity contribution in [3.63, 3.8) is 0 Å². The highest BCUT2D eigenvalue weighted by molar-refractivity contribution is 7.89. The van der Waals surface area contributed by atoms with Crippen LogP contribution in [0.1, 0.15) is 44.5 Å². The fourth-order valence-electron chi connectivity index (χ4n) is 2.24. The highest BCUT2D eigenvalue weighted by Crippen LogP contribution is 2.17. The Kier molecular flexibility index (Phi) is 9.07. The molecular formula is C18H27N3O6S. The van der Waals surface area contributed by atoms with Crippen LogP contribution in [0.15, 0.2) is 29.2 Å². The summed E-state index contributed by atoms with van der Waals surface area (Å²) in [4.78, 5) is 35.4. The zero-order valence-corrected chi connectivity index (χ0v) is 17.3. The van der Waals surface area contributed by atoms with Crippen molar-refractivity contribution in [3.05, 3.63) is 29.8 Å². The van der Waals surface area contributed by atoms with Gasteiger partial charge in [-0.1, -0.05) is 26.8 Å². The van der Waals surface area contributed by atoms with E-state index in [4.69, 9.17) is 4.74 Å². The number of benzene rings is 1. The lowest BCUT2D eigenvalue weighted by Gasteiger charge is -2.18. The standard InChI is InChI=1S/C18H27N3O6S/c1-5-13(4)19-18(24)20-16(22)12-27-17(23)14-9-8-10-15(11-14)28(25,26)21(6-2)7-3/h8-11,13H,5-7,12H2,1-4H3,(H2,19,20,22,24)/t13-/m0/s1. The van der Waals surface area contributed by atoms with E-state index in [0.29, 0.717) is 19.5 Å². The Morgan fingerprint density at radius 2 is 1.79 bits per heavy atom. The molecular weight excluding hydrogens is 386 g/mol. The van der Waals surface area contributed by atoms with Crippen LogP contribution in [0.2, 0.25) is 0 Å². The Morgan fingerprint density at radius 3 is 2.36 bits per heavy atom. The Labute approximate surface area is 165 Å². The molecule has 0 unspecified atom stereocenters.